The van der Waals surface area contributed by atoms with Crippen LogP contribution in [0.4, 0.5) is 22.0 Å². The first kappa shape index (κ1) is 14.1. The maximum absolute atomic E-state index is 13.2. The lowest BCUT2D eigenvalue weighted by Crippen LogP contribution is -2.45. The summed E-state index contributed by atoms with van der Waals surface area (Å²) in [6.45, 7) is -0.167. The fraction of sp³-hybridized carbons (Fsp3) is 0.400. The Morgan fingerprint density at radius 2 is 1.63 bits per heavy atom. The summed E-state index contributed by atoms with van der Waals surface area (Å²) in [5, 5.41) is -0.347. The zero-order valence-electron chi connectivity index (χ0n) is 9.10. The fourth-order valence-electron chi connectivity index (χ4n) is 1.54. The molecule has 106 valence electrons. The Morgan fingerprint density at radius 1 is 1.11 bits per heavy atom. The van der Waals surface area contributed by atoms with Gasteiger partial charge >= 0.3 is 12.1 Å². The minimum atomic E-state index is -5.77. The zero-order chi connectivity index (χ0) is 14.4. The van der Waals surface area contributed by atoms with Gasteiger partial charge < -0.3 is 15.2 Å². The van der Waals surface area contributed by atoms with Crippen molar-refractivity contribution in [1.29, 1.82) is 0 Å². The van der Waals surface area contributed by atoms with Gasteiger partial charge in [0.1, 0.15) is 6.04 Å². The molecular weight excluding hydrogens is 297 g/mol. The highest BCUT2D eigenvalue weighted by Gasteiger charge is 2.62. The monoisotopic (exact) mass is 303 g/mol. The number of benzene rings is 1. The van der Waals surface area contributed by atoms with E-state index >= 15 is 0 Å². The van der Waals surface area contributed by atoms with Crippen LogP contribution >= 0.6 is 11.6 Å². The van der Waals surface area contributed by atoms with E-state index in [0.717, 1.165) is 12.1 Å². The highest BCUT2D eigenvalue weighted by molar-refractivity contribution is 6.31. The smallest absolute Gasteiger partial charge is 0.454 e. The SMILES string of the molecule is N[C@@H](c1cc2c(cc1Cl)OCO2)C(F)(F)C(F)(F)F. The predicted octanol–water partition coefficient (Wildman–Crippen LogP) is 3.27. The quantitative estimate of drug-likeness (QED) is 0.853. The van der Waals surface area contributed by atoms with E-state index < -0.39 is 23.7 Å². The average molecular weight is 304 g/mol. The topological polar surface area (TPSA) is 44.5 Å². The van der Waals surface area contributed by atoms with Crippen LogP contribution in [0, 0.1) is 0 Å². The van der Waals surface area contributed by atoms with Gasteiger partial charge in [-0.05, 0) is 11.6 Å². The van der Waals surface area contributed by atoms with Crippen LogP contribution in [-0.2, 0) is 0 Å². The second kappa shape index (κ2) is 4.38. The minimum Gasteiger partial charge on any atom is -0.454 e. The van der Waals surface area contributed by atoms with Crippen LogP contribution in [0.5, 0.6) is 11.5 Å². The van der Waals surface area contributed by atoms with Gasteiger partial charge in [0.15, 0.2) is 11.5 Å². The van der Waals surface area contributed by atoms with Gasteiger partial charge in [-0.1, -0.05) is 11.6 Å². The van der Waals surface area contributed by atoms with Crippen LogP contribution in [0.15, 0.2) is 12.1 Å². The molecule has 0 fully saturated rings. The molecule has 19 heavy (non-hydrogen) atoms. The molecule has 0 saturated heterocycles. The molecule has 1 aliphatic heterocycles. The van der Waals surface area contributed by atoms with Gasteiger partial charge in [0.2, 0.25) is 6.79 Å². The van der Waals surface area contributed by atoms with Crippen molar-refractivity contribution in [2.75, 3.05) is 6.79 Å². The van der Waals surface area contributed by atoms with Crippen LogP contribution in [0.1, 0.15) is 11.6 Å². The lowest BCUT2D eigenvalue weighted by molar-refractivity contribution is -0.290. The van der Waals surface area contributed by atoms with Crippen molar-refractivity contribution in [1.82, 2.24) is 0 Å². The van der Waals surface area contributed by atoms with E-state index in [1.54, 1.807) is 0 Å². The van der Waals surface area contributed by atoms with Crippen LogP contribution in [-0.4, -0.2) is 18.9 Å². The molecule has 1 aromatic carbocycles. The van der Waals surface area contributed by atoms with Crippen LogP contribution in [0.3, 0.4) is 0 Å². The van der Waals surface area contributed by atoms with Crippen LogP contribution in [0.25, 0.3) is 0 Å². The van der Waals surface area contributed by atoms with Gasteiger partial charge in [0.05, 0.1) is 0 Å². The summed E-state index contributed by atoms with van der Waals surface area (Å²) in [5.74, 6) is -4.92. The Labute approximate surface area is 109 Å². The van der Waals surface area contributed by atoms with Crippen LogP contribution in [0.2, 0.25) is 5.02 Å². The third kappa shape index (κ3) is 2.30. The molecule has 2 N–H and O–H groups in total. The maximum atomic E-state index is 13.2. The van der Waals surface area contributed by atoms with E-state index in [1.165, 1.54) is 0 Å². The summed E-state index contributed by atoms with van der Waals surface area (Å²) < 4.78 is 72.9. The summed E-state index contributed by atoms with van der Waals surface area (Å²) in [6, 6.07) is -0.616. The van der Waals surface area contributed by atoms with E-state index in [4.69, 9.17) is 26.8 Å². The molecule has 0 radical (unpaired) electrons. The summed E-state index contributed by atoms with van der Waals surface area (Å²) in [6.07, 6.45) is -5.77. The molecule has 3 nitrogen and oxygen atoms in total. The Balaban J connectivity index is 2.42. The number of ether oxygens (including phenoxy) is 2. The standard InChI is InChI=1S/C10H7ClF5NO2/c11-5-2-7-6(18-3-19-7)1-4(5)8(17)9(12,13)10(14,15)16/h1-2,8H,3,17H2/t8-/m0/s1. The molecule has 0 aliphatic carbocycles. The van der Waals surface area contributed by atoms with Crippen molar-refractivity contribution in [3.8, 4) is 11.5 Å². The average Bonchev–Trinajstić information content (AvgIpc) is 2.72. The third-order valence-electron chi connectivity index (χ3n) is 2.60. The van der Waals surface area contributed by atoms with Gasteiger partial charge in [-0.2, -0.15) is 22.0 Å². The molecule has 9 heteroatoms. The van der Waals surface area contributed by atoms with Gasteiger partial charge in [-0.3, -0.25) is 0 Å². The Bertz CT molecular complexity index is 505. The number of fused-ring (bicyclic) bond motifs is 1. The van der Waals surface area contributed by atoms with Gasteiger partial charge in [0.25, 0.3) is 0 Å². The predicted molar refractivity (Wildman–Crippen MR) is 55.5 cm³/mol. The number of rotatable bonds is 2. The molecular formula is C10H7ClF5NO2. The molecule has 1 aromatic rings. The number of nitrogens with two attached hydrogens (primary N) is 1. The molecule has 0 aromatic heterocycles. The van der Waals surface area contributed by atoms with Crippen molar-refractivity contribution in [3.05, 3.63) is 22.7 Å². The van der Waals surface area contributed by atoms with Crippen molar-refractivity contribution in [3.63, 3.8) is 0 Å². The Kier molecular flexibility index (Phi) is 3.26. The van der Waals surface area contributed by atoms with Crippen molar-refractivity contribution >= 4 is 11.6 Å². The molecule has 2 rings (SSSR count). The van der Waals surface area contributed by atoms with Gasteiger partial charge in [-0.15, -0.1) is 0 Å². The first-order valence-corrected chi connectivity index (χ1v) is 5.31. The van der Waals surface area contributed by atoms with Crippen molar-refractivity contribution in [2.45, 2.75) is 18.1 Å². The fourth-order valence-corrected chi connectivity index (χ4v) is 1.81. The van der Waals surface area contributed by atoms with E-state index in [2.05, 4.69) is 0 Å². The summed E-state index contributed by atoms with van der Waals surface area (Å²) in [7, 11) is 0. The molecule has 0 spiro atoms. The zero-order valence-corrected chi connectivity index (χ0v) is 9.86. The lowest BCUT2D eigenvalue weighted by Gasteiger charge is -2.26. The largest absolute Gasteiger partial charge is 0.455 e. The highest BCUT2D eigenvalue weighted by atomic mass is 35.5. The van der Waals surface area contributed by atoms with E-state index in [9.17, 15) is 22.0 Å². The Morgan fingerprint density at radius 3 is 2.16 bits per heavy atom. The first-order valence-electron chi connectivity index (χ1n) is 4.93. The molecule has 0 bridgehead atoms. The first-order chi connectivity index (χ1) is 8.64. The summed E-state index contributed by atoms with van der Waals surface area (Å²) in [5.41, 5.74) is 4.44. The number of hydrogen-bond acceptors (Lipinski definition) is 3. The highest BCUT2D eigenvalue weighted by Crippen LogP contribution is 2.47. The molecule has 0 unspecified atom stereocenters. The second-order valence-corrected chi connectivity index (χ2v) is 4.23. The molecule has 1 aliphatic rings. The summed E-state index contributed by atoms with van der Waals surface area (Å²) >= 11 is 5.64. The van der Waals surface area contributed by atoms with Crippen LogP contribution < -0.4 is 15.2 Å². The molecule has 1 atom stereocenters. The number of halogens is 6. The maximum Gasteiger partial charge on any atom is 0.455 e. The van der Waals surface area contributed by atoms with Crippen molar-refractivity contribution < 1.29 is 31.4 Å². The minimum absolute atomic E-state index is 0.0211. The summed E-state index contributed by atoms with van der Waals surface area (Å²) in [4.78, 5) is 0. The van der Waals surface area contributed by atoms with E-state index in [1.807, 2.05) is 0 Å². The Hall–Kier alpha value is -1.28. The second-order valence-electron chi connectivity index (χ2n) is 3.83. The number of hydrogen-bond donors (Lipinski definition) is 1. The van der Waals surface area contributed by atoms with Gasteiger partial charge in [0, 0.05) is 11.1 Å². The lowest BCUT2D eigenvalue weighted by atomic mass is 10.0. The van der Waals surface area contributed by atoms with Gasteiger partial charge in [-0.25, -0.2) is 0 Å². The normalized spacial score (nSPS) is 16.6. The van der Waals surface area contributed by atoms with E-state index in [-0.39, 0.29) is 23.3 Å². The number of alkyl halides is 5. The van der Waals surface area contributed by atoms with E-state index in [0.29, 0.717) is 0 Å². The molecule has 0 saturated carbocycles. The van der Waals surface area contributed by atoms with Crippen molar-refractivity contribution in [2.24, 2.45) is 5.73 Å². The third-order valence-corrected chi connectivity index (χ3v) is 2.92. The molecule has 1 heterocycles. The molecule has 0 amide bonds.